The second-order valence-corrected chi connectivity index (χ2v) is 7.16. The van der Waals surface area contributed by atoms with Gasteiger partial charge in [0.05, 0.1) is 16.4 Å². The second-order valence-electron chi connectivity index (χ2n) is 6.16. The van der Waals surface area contributed by atoms with Crippen molar-refractivity contribution in [3.63, 3.8) is 0 Å². The molecule has 1 heterocycles. The molecule has 2 amide bonds. The van der Waals surface area contributed by atoms with Crippen LogP contribution in [0.25, 0.3) is 11.3 Å². The molecule has 0 unspecified atom stereocenters. The van der Waals surface area contributed by atoms with Crippen molar-refractivity contribution in [3.8, 4) is 11.3 Å². The third-order valence-corrected chi connectivity index (χ3v) is 4.75. The fourth-order valence-electron chi connectivity index (χ4n) is 2.52. The SMILES string of the molecule is CC(=O)Nc1cccc(NC(=O)CSc2ccc(-c3ccc([N+](=O)[O-])cc3)nn2)c1. The van der Waals surface area contributed by atoms with Crippen molar-refractivity contribution in [1.29, 1.82) is 0 Å². The fourth-order valence-corrected chi connectivity index (χ4v) is 3.13. The highest BCUT2D eigenvalue weighted by Gasteiger charge is 2.09. The van der Waals surface area contributed by atoms with Crippen molar-refractivity contribution in [2.75, 3.05) is 16.4 Å². The molecule has 152 valence electrons. The number of aromatic nitrogens is 2. The molecule has 30 heavy (non-hydrogen) atoms. The zero-order valence-electron chi connectivity index (χ0n) is 15.9. The van der Waals surface area contributed by atoms with Gasteiger partial charge < -0.3 is 10.6 Å². The minimum absolute atomic E-state index is 0.00695. The number of rotatable bonds is 7. The summed E-state index contributed by atoms with van der Waals surface area (Å²) in [5, 5.41) is 24.9. The molecule has 9 nitrogen and oxygen atoms in total. The molecule has 10 heteroatoms. The maximum Gasteiger partial charge on any atom is 0.269 e. The molecular formula is C20H17N5O4S. The summed E-state index contributed by atoms with van der Waals surface area (Å²) in [5.74, 6) is -0.276. The maximum atomic E-state index is 12.2. The van der Waals surface area contributed by atoms with Crippen molar-refractivity contribution in [2.45, 2.75) is 11.9 Å². The first-order valence-corrected chi connectivity index (χ1v) is 9.78. The molecule has 0 saturated heterocycles. The summed E-state index contributed by atoms with van der Waals surface area (Å²) in [6.07, 6.45) is 0. The molecule has 1 aromatic heterocycles. The van der Waals surface area contributed by atoms with Crippen molar-refractivity contribution < 1.29 is 14.5 Å². The number of benzene rings is 2. The number of carbonyl (C=O) groups excluding carboxylic acids is 2. The number of nitrogens with zero attached hydrogens (tertiary/aromatic N) is 3. The van der Waals surface area contributed by atoms with E-state index in [2.05, 4.69) is 20.8 Å². The summed E-state index contributed by atoms with van der Waals surface area (Å²) in [6.45, 7) is 1.41. The monoisotopic (exact) mass is 423 g/mol. The molecule has 0 atom stereocenters. The first-order chi connectivity index (χ1) is 14.4. The normalized spacial score (nSPS) is 10.3. The Kier molecular flexibility index (Phi) is 6.71. The van der Waals surface area contributed by atoms with E-state index in [4.69, 9.17) is 0 Å². The predicted octanol–water partition coefficient (Wildman–Crippen LogP) is 3.74. The summed E-state index contributed by atoms with van der Waals surface area (Å²) in [7, 11) is 0. The Labute approximate surface area is 176 Å². The van der Waals surface area contributed by atoms with E-state index >= 15 is 0 Å². The van der Waals surface area contributed by atoms with Crippen LogP contribution in [0, 0.1) is 10.1 Å². The molecule has 0 bridgehead atoms. The summed E-state index contributed by atoms with van der Waals surface area (Å²) in [5.41, 5.74) is 2.47. The number of non-ortho nitro benzene ring substituents is 1. The Morgan fingerprint density at radius 1 is 1.00 bits per heavy atom. The van der Waals surface area contributed by atoms with Gasteiger partial charge in [0.25, 0.3) is 5.69 Å². The van der Waals surface area contributed by atoms with Crippen LogP contribution in [0.3, 0.4) is 0 Å². The van der Waals surface area contributed by atoms with Gasteiger partial charge in [-0.05, 0) is 42.5 Å². The lowest BCUT2D eigenvalue weighted by Crippen LogP contribution is -2.14. The van der Waals surface area contributed by atoms with Crippen molar-refractivity contribution in [2.24, 2.45) is 0 Å². The summed E-state index contributed by atoms with van der Waals surface area (Å²) >= 11 is 1.23. The number of nitrogens with one attached hydrogen (secondary N) is 2. The molecule has 0 aliphatic carbocycles. The van der Waals surface area contributed by atoms with Crippen LogP contribution in [0.2, 0.25) is 0 Å². The highest BCUT2D eigenvalue weighted by molar-refractivity contribution is 7.99. The van der Waals surface area contributed by atoms with E-state index in [0.29, 0.717) is 27.7 Å². The number of anilines is 2. The van der Waals surface area contributed by atoms with Crippen LogP contribution in [0.5, 0.6) is 0 Å². The third-order valence-electron chi connectivity index (χ3n) is 3.83. The van der Waals surface area contributed by atoms with Crippen LogP contribution in [0.4, 0.5) is 17.1 Å². The Balaban J connectivity index is 1.55. The van der Waals surface area contributed by atoms with Gasteiger partial charge in [-0.15, -0.1) is 10.2 Å². The minimum Gasteiger partial charge on any atom is -0.326 e. The van der Waals surface area contributed by atoms with Gasteiger partial charge in [-0.3, -0.25) is 19.7 Å². The number of amides is 2. The van der Waals surface area contributed by atoms with E-state index in [9.17, 15) is 19.7 Å². The van der Waals surface area contributed by atoms with Crippen LogP contribution in [0.1, 0.15) is 6.92 Å². The van der Waals surface area contributed by atoms with Gasteiger partial charge in [0.1, 0.15) is 5.03 Å². The Morgan fingerprint density at radius 2 is 1.70 bits per heavy atom. The summed E-state index contributed by atoms with van der Waals surface area (Å²) in [4.78, 5) is 33.6. The van der Waals surface area contributed by atoms with Crippen LogP contribution >= 0.6 is 11.8 Å². The molecule has 0 fully saturated rings. The maximum absolute atomic E-state index is 12.2. The highest BCUT2D eigenvalue weighted by atomic mass is 32.2. The Bertz CT molecular complexity index is 1070. The van der Waals surface area contributed by atoms with Crippen molar-refractivity contribution in [3.05, 3.63) is 70.8 Å². The van der Waals surface area contributed by atoms with Crippen LogP contribution < -0.4 is 10.6 Å². The Morgan fingerprint density at radius 3 is 2.30 bits per heavy atom. The standard InChI is InChI=1S/C20H17N5O4S/c1-13(26)21-15-3-2-4-16(11-15)22-19(27)12-30-20-10-9-18(23-24-20)14-5-7-17(8-6-14)25(28)29/h2-11H,12H2,1H3,(H,21,26)(H,22,27). The van der Waals surface area contributed by atoms with Crippen molar-refractivity contribution in [1.82, 2.24) is 10.2 Å². The Hall–Kier alpha value is -3.79. The number of hydrogen-bond donors (Lipinski definition) is 2. The zero-order valence-corrected chi connectivity index (χ0v) is 16.7. The first kappa shape index (κ1) is 20.9. The quantitative estimate of drug-likeness (QED) is 0.337. The minimum atomic E-state index is -0.462. The molecule has 0 aliphatic heterocycles. The second kappa shape index (κ2) is 9.61. The lowest BCUT2D eigenvalue weighted by atomic mass is 10.1. The average Bonchev–Trinajstić information content (AvgIpc) is 2.72. The summed E-state index contributed by atoms with van der Waals surface area (Å²) in [6, 6.07) is 16.4. The number of carbonyl (C=O) groups is 2. The molecule has 0 aliphatic rings. The number of thioether (sulfide) groups is 1. The third kappa shape index (κ3) is 5.85. The van der Waals surface area contributed by atoms with Gasteiger partial charge in [0, 0.05) is 36.0 Å². The molecule has 0 saturated carbocycles. The van der Waals surface area contributed by atoms with E-state index in [1.54, 1.807) is 48.5 Å². The van der Waals surface area contributed by atoms with E-state index in [-0.39, 0.29) is 23.3 Å². The first-order valence-electron chi connectivity index (χ1n) is 8.79. The van der Waals surface area contributed by atoms with Gasteiger partial charge in [0.15, 0.2) is 0 Å². The van der Waals surface area contributed by atoms with Crippen LogP contribution in [0.15, 0.2) is 65.7 Å². The van der Waals surface area contributed by atoms with Gasteiger partial charge >= 0.3 is 0 Å². The highest BCUT2D eigenvalue weighted by Crippen LogP contribution is 2.22. The smallest absolute Gasteiger partial charge is 0.269 e. The van der Waals surface area contributed by atoms with Crippen molar-refractivity contribution >= 4 is 40.6 Å². The molecule has 0 radical (unpaired) electrons. The number of hydrogen-bond acceptors (Lipinski definition) is 7. The lowest BCUT2D eigenvalue weighted by Gasteiger charge is -2.07. The van der Waals surface area contributed by atoms with E-state index < -0.39 is 4.92 Å². The number of nitro benzene ring substituents is 1. The van der Waals surface area contributed by atoms with E-state index in [1.807, 2.05) is 0 Å². The zero-order chi connectivity index (χ0) is 21.5. The predicted molar refractivity (Wildman–Crippen MR) is 114 cm³/mol. The topological polar surface area (TPSA) is 127 Å². The van der Waals surface area contributed by atoms with Gasteiger partial charge in [-0.1, -0.05) is 17.8 Å². The molecular weight excluding hydrogens is 406 g/mol. The molecule has 3 aromatic rings. The summed E-state index contributed by atoms with van der Waals surface area (Å²) < 4.78 is 0. The van der Waals surface area contributed by atoms with Crippen LogP contribution in [-0.2, 0) is 9.59 Å². The van der Waals surface area contributed by atoms with Gasteiger partial charge in [0.2, 0.25) is 11.8 Å². The molecule has 3 rings (SSSR count). The number of nitro groups is 1. The fraction of sp³-hybridized carbons (Fsp3) is 0.100. The van der Waals surface area contributed by atoms with E-state index in [1.165, 1.54) is 30.8 Å². The lowest BCUT2D eigenvalue weighted by molar-refractivity contribution is -0.384. The van der Waals surface area contributed by atoms with Crippen LogP contribution in [-0.4, -0.2) is 32.7 Å². The average molecular weight is 423 g/mol. The van der Waals surface area contributed by atoms with Gasteiger partial charge in [-0.25, -0.2) is 0 Å². The molecule has 0 spiro atoms. The van der Waals surface area contributed by atoms with Gasteiger partial charge in [-0.2, -0.15) is 0 Å². The molecule has 2 N–H and O–H groups in total. The molecule has 2 aromatic carbocycles. The van der Waals surface area contributed by atoms with E-state index in [0.717, 1.165) is 0 Å². The largest absolute Gasteiger partial charge is 0.326 e.